The van der Waals surface area contributed by atoms with Crippen LogP contribution in [0.3, 0.4) is 0 Å². The number of benzene rings is 8. The minimum atomic E-state index is -0.552. The van der Waals surface area contributed by atoms with Crippen LogP contribution in [0, 0.1) is 0 Å². The Hall–Kier alpha value is -7.43. The zero-order chi connectivity index (χ0) is 44.4. The van der Waals surface area contributed by atoms with Gasteiger partial charge in [-0.25, -0.2) is 4.98 Å². The predicted molar refractivity (Wildman–Crippen MR) is 227 cm³/mol. The van der Waals surface area contributed by atoms with Crippen LogP contribution >= 0.6 is 0 Å². The summed E-state index contributed by atoms with van der Waals surface area (Å²) in [6.07, 6.45) is 0. The fourth-order valence-corrected chi connectivity index (χ4v) is 7.11. The third-order valence-corrected chi connectivity index (χ3v) is 9.65. The average molecular weight is 712 g/mol. The lowest BCUT2D eigenvalue weighted by Crippen LogP contribution is -2.06. The third kappa shape index (κ3) is 6.06. The molecule has 0 aliphatic rings. The fraction of sp³-hybridized carbons (Fsp3) is 0. The molecule has 258 valence electrons. The van der Waals surface area contributed by atoms with Gasteiger partial charge < -0.3 is 0 Å². The van der Waals surface area contributed by atoms with Gasteiger partial charge in [-0.1, -0.05) is 170 Å². The topological polar surface area (TPSA) is 43.6 Å². The highest BCUT2D eigenvalue weighted by Gasteiger charge is 2.20. The molecule has 10 rings (SSSR count). The summed E-state index contributed by atoms with van der Waals surface area (Å²) in [5, 5.41) is 0.325. The van der Waals surface area contributed by atoms with Gasteiger partial charge in [0.05, 0.1) is 23.4 Å². The van der Waals surface area contributed by atoms with Gasteiger partial charge in [0.1, 0.15) is 0 Å². The third-order valence-electron chi connectivity index (χ3n) is 9.65. The van der Waals surface area contributed by atoms with Crippen LogP contribution in [0.4, 0.5) is 0 Å². The molecule has 0 bridgehead atoms. The molecule has 0 saturated carbocycles. The Morgan fingerprint density at radius 1 is 0.364 bits per heavy atom. The number of rotatable bonds is 7. The molecule has 8 aromatic carbocycles. The second-order valence-electron chi connectivity index (χ2n) is 13.0. The second kappa shape index (κ2) is 13.8. The van der Waals surface area contributed by atoms with Crippen LogP contribution < -0.4 is 0 Å². The zero-order valence-corrected chi connectivity index (χ0v) is 29.2. The minimum absolute atomic E-state index is 0.0414. The molecule has 0 fully saturated rings. The van der Waals surface area contributed by atoms with Crippen molar-refractivity contribution in [2.75, 3.05) is 0 Å². The Bertz CT molecular complexity index is 3400. The van der Waals surface area contributed by atoms with Crippen molar-refractivity contribution >= 4 is 21.8 Å². The molecule has 4 heteroatoms. The number of para-hydroxylation sites is 1. The van der Waals surface area contributed by atoms with E-state index >= 15 is 0 Å². The van der Waals surface area contributed by atoms with E-state index in [1.54, 1.807) is 22.8 Å². The van der Waals surface area contributed by atoms with E-state index in [0.717, 1.165) is 33.4 Å². The first-order valence-corrected chi connectivity index (χ1v) is 17.8. The van der Waals surface area contributed by atoms with Crippen LogP contribution in [0.2, 0.25) is 0 Å². The molecule has 55 heavy (non-hydrogen) atoms. The Kier molecular flexibility index (Phi) is 6.04. The molecule has 0 spiro atoms. The highest BCUT2D eigenvalue weighted by molar-refractivity contribution is 6.15. The first-order chi connectivity index (χ1) is 31.0. The quantitative estimate of drug-likeness (QED) is 0.165. The van der Waals surface area contributed by atoms with Crippen molar-refractivity contribution in [2.45, 2.75) is 0 Å². The summed E-state index contributed by atoms with van der Waals surface area (Å²) >= 11 is 0. The lowest BCUT2D eigenvalue weighted by atomic mass is 9.96. The summed E-state index contributed by atoms with van der Waals surface area (Å²) < 4.78 is 80.9. The maximum absolute atomic E-state index is 9.37. The van der Waals surface area contributed by atoms with E-state index in [-0.39, 0.29) is 51.3 Å². The van der Waals surface area contributed by atoms with Gasteiger partial charge in [-0.2, -0.15) is 9.97 Å². The summed E-state index contributed by atoms with van der Waals surface area (Å²) in [4.78, 5) is 15.4. The molecule has 0 aliphatic carbocycles. The lowest BCUT2D eigenvalue weighted by molar-refractivity contribution is 0.953. The minimum Gasteiger partial charge on any atom is -0.278 e. The molecule has 0 aliphatic heterocycles. The van der Waals surface area contributed by atoms with Gasteiger partial charge in [-0.05, 0) is 80.9 Å². The number of fused-ring (bicyclic) bond motifs is 3. The molecule has 0 amide bonds. The first kappa shape index (κ1) is 24.0. The van der Waals surface area contributed by atoms with Gasteiger partial charge in [0, 0.05) is 21.9 Å². The van der Waals surface area contributed by atoms with Crippen molar-refractivity contribution in [2.24, 2.45) is 0 Å². The van der Waals surface area contributed by atoms with Gasteiger partial charge in [0.2, 0.25) is 5.95 Å². The molecule has 2 aromatic heterocycles. The van der Waals surface area contributed by atoms with Crippen LogP contribution in [0.5, 0.6) is 0 Å². The number of hydrogen-bond acceptors (Lipinski definition) is 3. The highest BCUT2D eigenvalue weighted by atomic mass is 15.2. The van der Waals surface area contributed by atoms with E-state index in [4.69, 9.17) is 24.5 Å². The largest absolute Gasteiger partial charge is 0.278 e. The normalized spacial score (nSPS) is 13.6. The monoisotopic (exact) mass is 711 g/mol. The molecule has 10 aromatic rings. The first-order valence-electron chi connectivity index (χ1n) is 22.3. The van der Waals surface area contributed by atoms with Crippen molar-refractivity contribution in [1.29, 1.82) is 0 Å². The molecular weight excluding hydrogens is 669 g/mol. The lowest BCUT2D eigenvalue weighted by Gasteiger charge is -2.14. The summed E-state index contributed by atoms with van der Waals surface area (Å²) in [7, 11) is 0. The van der Waals surface area contributed by atoms with Crippen LogP contribution in [0.25, 0.3) is 95.0 Å². The van der Waals surface area contributed by atoms with E-state index in [1.165, 1.54) is 0 Å². The molecule has 4 nitrogen and oxygen atoms in total. The van der Waals surface area contributed by atoms with Crippen molar-refractivity contribution in [3.63, 3.8) is 0 Å². The van der Waals surface area contributed by atoms with Crippen molar-refractivity contribution in [1.82, 2.24) is 19.5 Å². The second-order valence-corrected chi connectivity index (χ2v) is 13.0. The van der Waals surface area contributed by atoms with E-state index in [0.29, 0.717) is 22.5 Å². The molecule has 0 N–H and O–H groups in total. The van der Waals surface area contributed by atoms with E-state index in [1.807, 2.05) is 127 Å². The van der Waals surface area contributed by atoms with E-state index in [9.17, 15) is 2.74 Å². The standard InChI is InChI=1S/C51H34N4/c1-5-17-35(18-6-1)39-25-15-26-40(31-39)49-52-50(43-33-41(36-19-7-2-8-20-36)32-42(34-43)37-21-9-3-10-22-37)54-51(53-49)55-46-29-14-13-27-45(46)48-44(28-16-30-47(48)55)38-23-11-4-12-24-38/h1-34H/i4D,11D,12D,13D,14D,23D,24D,27D,29D. The maximum Gasteiger partial charge on any atom is 0.238 e. The van der Waals surface area contributed by atoms with Crippen LogP contribution in [0.15, 0.2) is 206 Å². The number of aromatic nitrogens is 4. The molecule has 0 atom stereocenters. The molecule has 2 heterocycles. The maximum atomic E-state index is 9.37. The number of hydrogen-bond donors (Lipinski definition) is 0. The Balaban J connectivity index is 1.32. The van der Waals surface area contributed by atoms with Crippen molar-refractivity contribution in [3.8, 4) is 73.2 Å². The summed E-state index contributed by atoms with van der Waals surface area (Å²) in [6.45, 7) is 0. The van der Waals surface area contributed by atoms with E-state index < -0.39 is 42.3 Å². The summed E-state index contributed by atoms with van der Waals surface area (Å²) in [5.74, 6) is 0.624. The van der Waals surface area contributed by atoms with E-state index in [2.05, 4.69) is 6.07 Å². The highest BCUT2D eigenvalue weighted by Crippen LogP contribution is 2.39. The van der Waals surface area contributed by atoms with Crippen LogP contribution in [0.1, 0.15) is 12.3 Å². The molecule has 0 radical (unpaired) electrons. The Labute approximate surface area is 332 Å². The smallest absolute Gasteiger partial charge is 0.238 e. The van der Waals surface area contributed by atoms with Gasteiger partial charge in [0.25, 0.3) is 0 Å². The van der Waals surface area contributed by atoms with Gasteiger partial charge in [-0.3, -0.25) is 4.57 Å². The Morgan fingerprint density at radius 3 is 1.55 bits per heavy atom. The van der Waals surface area contributed by atoms with Gasteiger partial charge in [0.15, 0.2) is 11.6 Å². The molecule has 0 unspecified atom stereocenters. The summed E-state index contributed by atoms with van der Waals surface area (Å²) in [5.41, 5.74) is 7.48. The fourth-order valence-electron chi connectivity index (χ4n) is 7.11. The van der Waals surface area contributed by atoms with Crippen molar-refractivity contribution < 1.29 is 12.3 Å². The van der Waals surface area contributed by atoms with Gasteiger partial charge >= 0.3 is 0 Å². The predicted octanol–water partition coefficient (Wildman–Crippen LogP) is 13.0. The SMILES string of the molecule is [2H]c1c([2H])c([2H])c(-c2cccc3c2c2c([2H])c([2H])c([2H])c([2H])c2n3-c2nc(-c3cccc(-c4ccccc4)c3)nc(-c3cc(-c4ccccc4)cc(-c4ccccc4)c3)n2)c([2H])c1[2H]. The number of nitrogens with zero attached hydrogens (tertiary/aromatic N) is 4. The van der Waals surface area contributed by atoms with Gasteiger partial charge in [-0.15, -0.1) is 0 Å². The Morgan fingerprint density at radius 2 is 0.873 bits per heavy atom. The van der Waals surface area contributed by atoms with Crippen LogP contribution in [-0.2, 0) is 0 Å². The molecule has 0 saturated heterocycles. The molecular formula is C51H34N4. The average Bonchev–Trinajstić information content (AvgIpc) is 3.71. The summed E-state index contributed by atoms with van der Waals surface area (Å²) in [6, 6.07) is 44.6. The zero-order valence-electron chi connectivity index (χ0n) is 38.2. The van der Waals surface area contributed by atoms with Crippen LogP contribution in [-0.4, -0.2) is 19.5 Å². The van der Waals surface area contributed by atoms with Crippen molar-refractivity contribution in [3.05, 3.63) is 206 Å².